The van der Waals surface area contributed by atoms with Gasteiger partial charge in [-0.15, -0.1) is 11.3 Å². The molecule has 1 aromatic carbocycles. The van der Waals surface area contributed by atoms with E-state index in [0.29, 0.717) is 10.9 Å². The molecule has 0 bridgehead atoms. The molecule has 2 aromatic rings. The molecule has 1 atom stereocenters. The molecule has 44 heavy (non-hydrogen) atoms. The zero-order valence-electron chi connectivity index (χ0n) is 25.8. The van der Waals surface area contributed by atoms with Crippen LogP contribution in [0.4, 0.5) is 5.69 Å². The van der Waals surface area contributed by atoms with Crippen LogP contribution in [0.25, 0.3) is 18.2 Å². The number of rotatable bonds is 15. The Morgan fingerprint density at radius 1 is 1.02 bits per heavy atom. The highest BCUT2D eigenvalue weighted by atomic mass is 79.9. The van der Waals surface area contributed by atoms with Crippen LogP contribution in [0, 0.1) is 34.0 Å². The van der Waals surface area contributed by atoms with Crippen molar-refractivity contribution in [3.05, 3.63) is 74.2 Å². The molecule has 1 aliphatic rings. The fourth-order valence-corrected chi connectivity index (χ4v) is 5.65. The third kappa shape index (κ3) is 9.10. The van der Waals surface area contributed by atoms with Crippen molar-refractivity contribution in [3.63, 3.8) is 0 Å². The normalized spacial score (nSPS) is 14.8. The van der Waals surface area contributed by atoms with Crippen molar-refractivity contribution >= 4 is 51.2 Å². The van der Waals surface area contributed by atoms with Crippen LogP contribution in [-0.2, 0) is 4.74 Å². The number of hydrogen-bond acceptors (Lipinski definition) is 8. The van der Waals surface area contributed by atoms with Crippen LogP contribution in [0.15, 0.2) is 58.9 Å². The summed E-state index contributed by atoms with van der Waals surface area (Å²) in [5.74, 6) is 0.759. The zero-order chi connectivity index (χ0) is 32.1. The minimum absolute atomic E-state index is 0.0310. The van der Waals surface area contributed by atoms with Crippen molar-refractivity contribution in [3.8, 4) is 24.0 Å². The molecule has 0 fully saturated rings. The topological polar surface area (TPSA) is 113 Å². The first-order valence-electron chi connectivity index (χ1n) is 14.8. The molecule has 9 heteroatoms. The Bertz CT molecular complexity index is 1520. The van der Waals surface area contributed by atoms with Crippen molar-refractivity contribution in [1.29, 1.82) is 15.8 Å². The van der Waals surface area contributed by atoms with Crippen LogP contribution < -0.4 is 9.64 Å². The van der Waals surface area contributed by atoms with Gasteiger partial charge in [-0.2, -0.15) is 15.8 Å². The summed E-state index contributed by atoms with van der Waals surface area (Å²) in [7, 11) is 0. The molecular formula is C35H39BrN4O3S. The maximum absolute atomic E-state index is 10.1. The van der Waals surface area contributed by atoms with E-state index in [0.717, 1.165) is 65.5 Å². The predicted molar refractivity (Wildman–Crippen MR) is 182 cm³/mol. The summed E-state index contributed by atoms with van der Waals surface area (Å²) in [4.78, 5) is 4.41. The average molecular weight is 676 g/mol. The highest BCUT2D eigenvalue weighted by molar-refractivity contribution is 9.09. The highest BCUT2D eigenvalue weighted by Gasteiger charge is 2.38. The van der Waals surface area contributed by atoms with E-state index in [1.165, 1.54) is 0 Å². The fourth-order valence-electron chi connectivity index (χ4n) is 4.65. The van der Waals surface area contributed by atoms with Crippen LogP contribution in [0.3, 0.4) is 0 Å². The van der Waals surface area contributed by atoms with Crippen molar-refractivity contribution in [2.45, 2.75) is 65.1 Å². The van der Waals surface area contributed by atoms with Gasteiger partial charge in [0.05, 0.1) is 6.10 Å². The Hall–Kier alpha value is -3.81. The van der Waals surface area contributed by atoms with E-state index in [4.69, 9.17) is 9.47 Å². The molecule has 1 aromatic heterocycles. The van der Waals surface area contributed by atoms with E-state index in [1.54, 1.807) is 25.2 Å². The molecule has 3 rings (SSSR count). The lowest BCUT2D eigenvalue weighted by molar-refractivity contribution is 0.0954. The number of nitriles is 3. The molecule has 0 radical (unpaired) electrons. The van der Waals surface area contributed by atoms with Gasteiger partial charge in [0.25, 0.3) is 0 Å². The Morgan fingerprint density at radius 3 is 2.23 bits per heavy atom. The number of unbranched alkanes of at least 4 members (excludes halogenated alkanes) is 2. The zero-order valence-corrected chi connectivity index (χ0v) is 28.2. The first kappa shape index (κ1) is 34.7. The number of benzene rings is 1. The Balaban J connectivity index is 1.88. The van der Waals surface area contributed by atoms with Gasteiger partial charge in [-0.1, -0.05) is 48.7 Å². The molecule has 0 spiro atoms. The van der Waals surface area contributed by atoms with Crippen molar-refractivity contribution < 1.29 is 14.6 Å². The van der Waals surface area contributed by atoms with Crippen LogP contribution in [0.1, 0.15) is 68.7 Å². The number of alkyl halides is 1. The number of aliphatic hydroxyl groups excluding tert-OH is 1. The number of anilines is 1. The minimum Gasteiger partial charge on any atom is -0.490 e. The minimum atomic E-state index is -0.858. The van der Waals surface area contributed by atoms with E-state index in [9.17, 15) is 20.9 Å². The number of aliphatic hydroxyl groups is 1. The van der Waals surface area contributed by atoms with Crippen LogP contribution in [0.2, 0.25) is 0 Å². The quantitative estimate of drug-likeness (QED) is 0.149. The fraction of sp³-hybridized carbons (Fsp3) is 0.400. The summed E-state index contributed by atoms with van der Waals surface area (Å²) in [6.45, 7) is 10.2. The molecule has 0 aliphatic carbocycles. The Morgan fingerprint density at radius 2 is 1.66 bits per heavy atom. The number of thiophene rings is 1. The van der Waals surface area contributed by atoms with Crippen molar-refractivity contribution in [1.82, 2.24) is 0 Å². The van der Waals surface area contributed by atoms with Crippen LogP contribution >= 0.6 is 27.3 Å². The van der Waals surface area contributed by atoms with E-state index < -0.39 is 11.7 Å². The van der Waals surface area contributed by atoms with E-state index >= 15 is 0 Å². The van der Waals surface area contributed by atoms with Gasteiger partial charge >= 0.3 is 0 Å². The number of nitrogens with zero attached hydrogens (tertiary/aromatic N) is 4. The predicted octanol–water partition coefficient (Wildman–Crippen LogP) is 8.40. The lowest BCUT2D eigenvalue weighted by Crippen LogP contribution is -2.25. The van der Waals surface area contributed by atoms with Gasteiger partial charge in [-0.3, -0.25) is 0 Å². The van der Waals surface area contributed by atoms with Gasteiger partial charge in [-0.05, 0) is 69.2 Å². The third-order valence-corrected chi connectivity index (χ3v) is 8.85. The van der Waals surface area contributed by atoms with E-state index in [-0.39, 0.29) is 23.5 Å². The Kier molecular flexibility index (Phi) is 13.3. The second kappa shape index (κ2) is 16.9. The number of halogens is 1. The standard InChI is InChI=1S/C35H39BrN4O3S/c1-5-7-17-40(18-8-6-2)27-11-9-25(33(19-27)42-24-28(41)20-36)10-12-29-13-14-30(44-29)15-16-32-31(23-39)34(26(21-37)22-38)43-35(32,3)4/h9-16,19,28,41H,5-8,17-18,20,24H2,1-4H3/b12-10+,16-15+. The van der Waals surface area contributed by atoms with Gasteiger partial charge in [0.2, 0.25) is 0 Å². The molecular weight excluding hydrogens is 636 g/mol. The molecule has 2 heterocycles. The summed E-state index contributed by atoms with van der Waals surface area (Å²) in [5.41, 5.74) is 1.78. The first-order chi connectivity index (χ1) is 21.2. The maximum Gasteiger partial charge on any atom is 0.172 e. The SMILES string of the molecule is CCCCN(CCCC)c1ccc(/C=C/c2ccc(/C=C/C3=C(C#N)C(=C(C#N)C#N)OC3(C)C)s2)c(OCC(O)CBr)c1. The molecule has 230 valence electrons. The van der Waals surface area contributed by atoms with Crippen molar-refractivity contribution in [2.75, 3.05) is 29.9 Å². The van der Waals surface area contributed by atoms with Crippen LogP contribution in [0.5, 0.6) is 5.75 Å². The summed E-state index contributed by atoms with van der Waals surface area (Å²) in [6.07, 6.45) is 11.7. The first-order valence-corrected chi connectivity index (χ1v) is 16.8. The van der Waals surface area contributed by atoms with Crippen LogP contribution in [-0.4, -0.2) is 41.8 Å². The largest absolute Gasteiger partial charge is 0.490 e. The highest BCUT2D eigenvalue weighted by Crippen LogP contribution is 2.40. The van der Waals surface area contributed by atoms with Gasteiger partial charge < -0.3 is 19.5 Å². The lowest BCUT2D eigenvalue weighted by Gasteiger charge is -2.26. The maximum atomic E-state index is 10.1. The average Bonchev–Trinajstić information content (AvgIpc) is 3.58. The molecule has 0 saturated carbocycles. The number of hydrogen-bond donors (Lipinski definition) is 1. The third-order valence-electron chi connectivity index (χ3n) is 7.09. The summed E-state index contributed by atoms with van der Waals surface area (Å²) < 4.78 is 12.0. The smallest absolute Gasteiger partial charge is 0.172 e. The summed E-state index contributed by atoms with van der Waals surface area (Å²) >= 11 is 4.90. The second-order valence-electron chi connectivity index (χ2n) is 10.9. The lowest BCUT2D eigenvalue weighted by atomic mass is 9.94. The Labute approximate surface area is 273 Å². The molecule has 1 N–H and O–H groups in total. The molecule has 1 unspecified atom stereocenters. The molecule has 7 nitrogen and oxygen atoms in total. The monoisotopic (exact) mass is 674 g/mol. The van der Waals surface area contributed by atoms with Gasteiger partial charge in [-0.25, -0.2) is 0 Å². The van der Waals surface area contributed by atoms with Gasteiger partial charge in [0, 0.05) is 51.1 Å². The molecule has 0 amide bonds. The van der Waals surface area contributed by atoms with Gasteiger partial charge in [0.1, 0.15) is 41.7 Å². The molecule has 1 aliphatic heterocycles. The number of ether oxygens (including phenoxy) is 2. The van der Waals surface area contributed by atoms with Gasteiger partial charge in [0.15, 0.2) is 11.3 Å². The summed E-state index contributed by atoms with van der Waals surface area (Å²) in [6, 6.07) is 16.0. The molecule has 0 saturated heterocycles. The number of allylic oxidation sites excluding steroid dienone is 2. The van der Waals surface area contributed by atoms with Crippen molar-refractivity contribution in [2.24, 2.45) is 0 Å². The summed E-state index contributed by atoms with van der Waals surface area (Å²) in [5, 5.41) is 38.9. The van der Waals surface area contributed by atoms with E-state index in [2.05, 4.69) is 58.9 Å². The van der Waals surface area contributed by atoms with E-state index in [1.807, 2.05) is 48.6 Å². The second-order valence-corrected chi connectivity index (χ2v) is 12.7.